The average molecular weight is 313 g/mol. The van der Waals surface area contributed by atoms with E-state index in [2.05, 4.69) is 0 Å². The molecule has 0 aliphatic heterocycles. The van der Waals surface area contributed by atoms with Gasteiger partial charge in [-0.15, -0.1) is 0 Å². The summed E-state index contributed by atoms with van der Waals surface area (Å²) in [5, 5.41) is 9.51. The van der Waals surface area contributed by atoms with E-state index >= 15 is 0 Å². The predicted octanol–water partition coefficient (Wildman–Crippen LogP) is 3.11. The van der Waals surface area contributed by atoms with Crippen molar-refractivity contribution in [3.8, 4) is 0 Å². The molecule has 0 bridgehead atoms. The van der Waals surface area contributed by atoms with Gasteiger partial charge >= 0.3 is 12.0 Å². The minimum atomic E-state index is -0.920. The second-order valence-corrected chi connectivity index (χ2v) is 5.62. The van der Waals surface area contributed by atoms with Crippen molar-refractivity contribution >= 4 is 23.6 Å². The minimum absolute atomic E-state index is 0.160. The summed E-state index contributed by atoms with van der Waals surface area (Å²) in [6.45, 7) is 3.62. The Kier molecular flexibility index (Phi) is 6.03. The highest BCUT2D eigenvalue weighted by Gasteiger charge is 2.24. The Hall–Kier alpha value is -1.75. The highest BCUT2D eigenvalue weighted by atomic mass is 35.5. The zero-order valence-electron chi connectivity index (χ0n) is 12.7. The Morgan fingerprint density at radius 3 is 2.33 bits per heavy atom. The highest BCUT2D eigenvalue weighted by Crippen LogP contribution is 2.26. The van der Waals surface area contributed by atoms with Crippen molar-refractivity contribution < 1.29 is 14.7 Å². The monoisotopic (exact) mass is 312 g/mol. The maximum atomic E-state index is 12.3. The fourth-order valence-corrected chi connectivity index (χ4v) is 2.32. The van der Waals surface area contributed by atoms with Crippen molar-refractivity contribution in [1.29, 1.82) is 0 Å². The number of benzene rings is 1. The first kappa shape index (κ1) is 17.3. The molecule has 116 valence electrons. The molecule has 0 radical (unpaired) electrons. The van der Waals surface area contributed by atoms with Gasteiger partial charge in [-0.25, -0.2) is 4.79 Å². The Morgan fingerprint density at radius 1 is 1.24 bits per heavy atom. The van der Waals surface area contributed by atoms with Gasteiger partial charge in [0.2, 0.25) is 0 Å². The van der Waals surface area contributed by atoms with Gasteiger partial charge < -0.3 is 14.9 Å². The number of carbonyl (C=O) groups is 2. The van der Waals surface area contributed by atoms with Crippen LogP contribution in [0.15, 0.2) is 24.3 Å². The first-order chi connectivity index (χ1) is 9.75. The molecule has 2 atom stereocenters. The van der Waals surface area contributed by atoms with Gasteiger partial charge in [0, 0.05) is 25.7 Å². The average Bonchev–Trinajstić information content (AvgIpc) is 2.45. The first-order valence-corrected chi connectivity index (χ1v) is 7.08. The van der Waals surface area contributed by atoms with E-state index in [0.29, 0.717) is 5.02 Å². The summed E-state index contributed by atoms with van der Waals surface area (Å²) in [7, 11) is 3.27. The van der Waals surface area contributed by atoms with Crippen molar-refractivity contribution in [2.24, 2.45) is 5.92 Å². The van der Waals surface area contributed by atoms with Crippen LogP contribution in [-0.2, 0) is 4.79 Å². The summed E-state index contributed by atoms with van der Waals surface area (Å²) in [4.78, 5) is 26.2. The molecule has 5 nitrogen and oxygen atoms in total. The molecule has 0 heterocycles. The third-order valence-corrected chi connectivity index (χ3v) is 3.88. The molecule has 2 amide bonds. The Labute approximate surface area is 130 Å². The Morgan fingerprint density at radius 2 is 1.81 bits per heavy atom. The number of carboxylic acid groups (broad SMARTS) is 1. The second kappa shape index (κ2) is 7.31. The molecular weight excluding hydrogens is 292 g/mol. The van der Waals surface area contributed by atoms with E-state index in [1.807, 2.05) is 25.1 Å². The molecule has 0 aliphatic carbocycles. The molecule has 6 heteroatoms. The van der Waals surface area contributed by atoms with Gasteiger partial charge in [0.1, 0.15) is 0 Å². The summed E-state index contributed by atoms with van der Waals surface area (Å²) in [5.74, 6) is -1.53. The van der Waals surface area contributed by atoms with E-state index in [1.165, 1.54) is 4.90 Å². The van der Waals surface area contributed by atoms with Crippen LogP contribution in [0, 0.1) is 5.92 Å². The van der Waals surface area contributed by atoms with Crippen molar-refractivity contribution in [3.05, 3.63) is 34.9 Å². The molecule has 0 aromatic heterocycles. The molecule has 21 heavy (non-hydrogen) atoms. The molecule has 0 aliphatic rings. The largest absolute Gasteiger partial charge is 0.481 e. The lowest BCUT2D eigenvalue weighted by molar-refractivity contribution is -0.141. The van der Waals surface area contributed by atoms with Crippen LogP contribution in [-0.4, -0.2) is 47.5 Å². The number of amides is 2. The van der Waals surface area contributed by atoms with Crippen LogP contribution in [0.4, 0.5) is 4.79 Å². The van der Waals surface area contributed by atoms with Crippen molar-refractivity contribution in [1.82, 2.24) is 9.80 Å². The SMILES string of the molecule is CC(CN(C)C(=O)N(C)C(C)c1ccccc1Cl)C(=O)O. The molecule has 0 spiro atoms. The van der Waals surface area contributed by atoms with E-state index in [9.17, 15) is 9.59 Å². The number of halogens is 1. The van der Waals surface area contributed by atoms with Crippen molar-refractivity contribution in [2.45, 2.75) is 19.9 Å². The topological polar surface area (TPSA) is 60.9 Å². The van der Waals surface area contributed by atoms with E-state index in [4.69, 9.17) is 16.7 Å². The predicted molar refractivity (Wildman–Crippen MR) is 82.5 cm³/mol. The number of aliphatic carboxylic acids is 1. The summed E-state index contributed by atoms with van der Waals surface area (Å²) >= 11 is 6.14. The van der Waals surface area contributed by atoms with Crippen LogP contribution in [0.3, 0.4) is 0 Å². The minimum Gasteiger partial charge on any atom is -0.481 e. The molecule has 1 aromatic carbocycles. The van der Waals surface area contributed by atoms with Crippen LogP contribution < -0.4 is 0 Å². The van der Waals surface area contributed by atoms with Gasteiger partial charge in [0.15, 0.2) is 0 Å². The molecule has 1 rings (SSSR count). The normalized spacial score (nSPS) is 13.4. The van der Waals surface area contributed by atoms with Gasteiger partial charge in [-0.3, -0.25) is 4.79 Å². The Balaban J connectivity index is 2.78. The molecule has 0 saturated carbocycles. The van der Waals surface area contributed by atoms with Gasteiger partial charge in [-0.05, 0) is 18.6 Å². The molecule has 0 fully saturated rings. The Bertz CT molecular complexity index is 521. The van der Waals surface area contributed by atoms with Crippen LogP contribution >= 0.6 is 11.6 Å². The van der Waals surface area contributed by atoms with E-state index in [0.717, 1.165) is 5.56 Å². The number of urea groups is 1. The standard InChI is InChI=1S/C15H21ClN2O3/c1-10(14(19)20)9-17(3)15(21)18(4)11(2)12-7-5-6-8-13(12)16/h5-8,10-11H,9H2,1-4H3,(H,19,20). The third kappa shape index (κ3) is 4.36. The fourth-order valence-electron chi connectivity index (χ4n) is 2.02. The molecule has 2 unspecified atom stereocenters. The van der Waals surface area contributed by atoms with Gasteiger partial charge in [-0.1, -0.05) is 36.7 Å². The maximum Gasteiger partial charge on any atom is 0.320 e. The second-order valence-electron chi connectivity index (χ2n) is 5.21. The van der Waals surface area contributed by atoms with E-state index < -0.39 is 11.9 Å². The number of hydrogen-bond acceptors (Lipinski definition) is 2. The number of nitrogens with zero attached hydrogens (tertiary/aromatic N) is 2. The maximum absolute atomic E-state index is 12.3. The van der Waals surface area contributed by atoms with Crippen LogP contribution in [0.5, 0.6) is 0 Å². The number of carboxylic acids is 1. The zero-order chi connectivity index (χ0) is 16.2. The lowest BCUT2D eigenvalue weighted by atomic mass is 10.1. The smallest absolute Gasteiger partial charge is 0.320 e. The quantitative estimate of drug-likeness (QED) is 0.908. The van der Waals surface area contributed by atoms with Crippen LogP contribution in [0.2, 0.25) is 5.02 Å². The molecule has 1 N–H and O–H groups in total. The summed E-state index contributed by atoms with van der Waals surface area (Å²) in [6, 6.07) is 6.91. The lowest BCUT2D eigenvalue weighted by Gasteiger charge is -2.31. The first-order valence-electron chi connectivity index (χ1n) is 6.70. The number of hydrogen-bond donors (Lipinski definition) is 1. The molecule has 0 saturated heterocycles. The van der Waals surface area contributed by atoms with Gasteiger partial charge in [0.25, 0.3) is 0 Å². The van der Waals surface area contributed by atoms with Crippen molar-refractivity contribution in [2.75, 3.05) is 20.6 Å². The summed E-state index contributed by atoms with van der Waals surface area (Å²) in [5.41, 5.74) is 0.856. The van der Waals surface area contributed by atoms with Gasteiger partial charge in [-0.2, -0.15) is 0 Å². The van der Waals surface area contributed by atoms with Crippen LogP contribution in [0.1, 0.15) is 25.5 Å². The lowest BCUT2D eigenvalue weighted by Crippen LogP contribution is -2.42. The zero-order valence-corrected chi connectivity index (χ0v) is 13.5. The third-order valence-electron chi connectivity index (χ3n) is 3.53. The number of rotatable bonds is 5. The highest BCUT2D eigenvalue weighted by molar-refractivity contribution is 6.31. The van der Waals surface area contributed by atoms with E-state index in [-0.39, 0.29) is 18.6 Å². The number of carbonyl (C=O) groups excluding carboxylic acids is 1. The van der Waals surface area contributed by atoms with Crippen LogP contribution in [0.25, 0.3) is 0 Å². The van der Waals surface area contributed by atoms with Crippen molar-refractivity contribution in [3.63, 3.8) is 0 Å². The van der Waals surface area contributed by atoms with E-state index in [1.54, 1.807) is 32.0 Å². The molecular formula is C15H21ClN2O3. The van der Waals surface area contributed by atoms with Gasteiger partial charge in [0.05, 0.1) is 12.0 Å². The fraction of sp³-hybridized carbons (Fsp3) is 0.467. The summed E-state index contributed by atoms with van der Waals surface area (Å²) < 4.78 is 0. The summed E-state index contributed by atoms with van der Waals surface area (Å²) in [6.07, 6.45) is 0. The molecule has 1 aromatic rings.